The van der Waals surface area contributed by atoms with Gasteiger partial charge in [0.2, 0.25) is 0 Å². The van der Waals surface area contributed by atoms with Crippen molar-refractivity contribution in [1.82, 2.24) is 4.90 Å². The molecular weight excluding hydrogens is 240 g/mol. The normalized spacial score (nSPS) is 30.4. The zero-order valence-corrected chi connectivity index (χ0v) is 11.8. The highest BCUT2D eigenvalue weighted by Gasteiger charge is 2.58. The molecular formula is C15H22N2O2. The highest BCUT2D eigenvalue weighted by molar-refractivity contribution is 5.81. The summed E-state index contributed by atoms with van der Waals surface area (Å²) in [7, 11) is 0. The van der Waals surface area contributed by atoms with Gasteiger partial charge in [-0.3, -0.25) is 9.69 Å². The number of likely N-dealkylation sites (tertiary alicyclic amines) is 1. The lowest BCUT2D eigenvalue weighted by Crippen LogP contribution is -2.63. The molecule has 1 heterocycles. The third-order valence-electron chi connectivity index (χ3n) is 4.54. The molecule has 1 aromatic rings. The van der Waals surface area contributed by atoms with Crippen molar-refractivity contribution in [2.75, 3.05) is 0 Å². The summed E-state index contributed by atoms with van der Waals surface area (Å²) in [6, 6.07) is 10.2. The Balaban J connectivity index is 2.29. The summed E-state index contributed by atoms with van der Waals surface area (Å²) in [6.45, 7) is 6.62. The van der Waals surface area contributed by atoms with Crippen LogP contribution in [0.5, 0.6) is 0 Å². The standard InChI is InChI=1S/C15H22N2O2/c1-11-9-15(16,13(18)19)14(2,3)17(11)10-12-7-5-4-6-8-12/h4-8,11H,9-10,16H2,1-3H3,(H,18,19). The molecule has 4 nitrogen and oxygen atoms in total. The average Bonchev–Trinajstić information content (AvgIpc) is 2.52. The fourth-order valence-corrected chi connectivity index (χ4v) is 3.12. The molecule has 0 radical (unpaired) electrons. The molecule has 2 unspecified atom stereocenters. The minimum absolute atomic E-state index is 0.149. The van der Waals surface area contributed by atoms with E-state index in [1.807, 2.05) is 39.0 Å². The van der Waals surface area contributed by atoms with E-state index in [1.165, 1.54) is 5.56 Å². The first-order valence-electron chi connectivity index (χ1n) is 6.62. The van der Waals surface area contributed by atoms with E-state index in [2.05, 4.69) is 17.0 Å². The number of hydrogen-bond donors (Lipinski definition) is 2. The molecule has 0 bridgehead atoms. The summed E-state index contributed by atoms with van der Waals surface area (Å²) in [5, 5.41) is 9.46. The molecule has 1 aliphatic heterocycles. The van der Waals surface area contributed by atoms with Crippen molar-refractivity contribution in [3.05, 3.63) is 35.9 Å². The molecule has 1 saturated heterocycles. The predicted octanol–water partition coefficient (Wildman–Crippen LogP) is 1.84. The topological polar surface area (TPSA) is 66.6 Å². The molecule has 104 valence electrons. The van der Waals surface area contributed by atoms with E-state index >= 15 is 0 Å². The number of hydrogen-bond acceptors (Lipinski definition) is 3. The molecule has 0 aromatic heterocycles. The van der Waals surface area contributed by atoms with Gasteiger partial charge in [-0.25, -0.2) is 0 Å². The van der Waals surface area contributed by atoms with Crippen LogP contribution in [0.2, 0.25) is 0 Å². The van der Waals surface area contributed by atoms with Crippen molar-refractivity contribution in [2.45, 2.75) is 50.9 Å². The quantitative estimate of drug-likeness (QED) is 0.872. The fraction of sp³-hybridized carbons (Fsp3) is 0.533. The average molecular weight is 262 g/mol. The molecule has 0 spiro atoms. The van der Waals surface area contributed by atoms with Crippen LogP contribution in [0.4, 0.5) is 0 Å². The minimum atomic E-state index is -1.19. The van der Waals surface area contributed by atoms with Gasteiger partial charge in [-0.15, -0.1) is 0 Å². The molecule has 1 fully saturated rings. The second kappa shape index (κ2) is 4.62. The second-order valence-corrected chi connectivity index (χ2v) is 6.00. The van der Waals surface area contributed by atoms with E-state index in [4.69, 9.17) is 5.73 Å². The molecule has 2 rings (SSSR count). The molecule has 3 N–H and O–H groups in total. The summed E-state index contributed by atoms with van der Waals surface area (Å²) in [5.74, 6) is -0.917. The lowest BCUT2D eigenvalue weighted by Gasteiger charge is -2.40. The SMILES string of the molecule is CC1CC(N)(C(=O)O)C(C)(C)N1Cc1ccccc1. The maximum absolute atomic E-state index is 11.5. The Labute approximate surface area is 114 Å². The van der Waals surface area contributed by atoms with E-state index in [0.29, 0.717) is 6.42 Å². The first-order valence-corrected chi connectivity index (χ1v) is 6.62. The van der Waals surface area contributed by atoms with Crippen molar-refractivity contribution in [3.8, 4) is 0 Å². The maximum Gasteiger partial charge on any atom is 0.325 e. The van der Waals surface area contributed by atoms with Crippen LogP contribution < -0.4 is 5.73 Å². The maximum atomic E-state index is 11.5. The van der Waals surface area contributed by atoms with Crippen LogP contribution in [0.1, 0.15) is 32.8 Å². The van der Waals surface area contributed by atoms with Gasteiger partial charge in [0.05, 0.1) is 0 Å². The smallest absolute Gasteiger partial charge is 0.325 e. The van der Waals surface area contributed by atoms with Crippen molar-refractivity contribution < 1.29 is 9.90 Å². The Bertz CT molecular complexity index is 472. The van der Waals surface area contributed by atoms with Crippen LogP contribution >= 0.6 is 0 Å². The molecule has 0 saturated carbocycles. The fourth-order valence-electron chi connectivity index (χ4n) is 3.12. The number of benzene rings is 1. The number of nitrogens with zero attached hydrogens (tertiary/aromatic N) is 1. The van der Waals surface area contributed by atoms with Gasteiger partial charge in [-0.05, 0) is 32.8 Å². The van der Waals surface area contributed by atoms with Gasteiger partial charge in [-0.1, -0.05) is 30.3 Å². The van der Waals surface area contributed by atoms with E-state index in [-0.39, 0.29) is 6.04 Å². The number of carboxylic acids is 1. The Kier molecular flexibility index (Phi) is 3.41. The van der Waals surface area contributed by atoms with Gasteiger partial charge in [0, 0.05) is 18.1 Å². The van der Waals surface area contributed by atoms with Crippen LogP contribution in [0, 0.1) is 0 Å². The molecule has 19 heavy (non-hydrogen) atoms. The number of nitrogens with two attached hydrogens (primary N) is 1. The number of aliphatic carboxylic acids is 1. The zero-order valence-electron chi connectivity index (χ0n) is 11.8. The Hall–Kier alpha value is -1.39. The van der Waals surface area contributed by atoms with E-state index in [9.17, 15) is 9.90 Å². The zero-order chi connectivity index (χ0) is 14.3. The largest absolute Gasteiger partial charge is 0.480 e. The summed E-state index contributed by atoms with van der Waals surface area (Å²) in [6.07, 6.45) is 0.474. The monoisotopic (exact) mass is 262 g/mol. The van der Waals surface area contributed by atoms with E-state index in [1.54, 1.807) is 0 Å². The number of carboxylic acid groups (broad SMARTS) is 1. The molecule has 0 aliphatic carbocycles. The molecule has 4 heteroatoms. The Morgan fingerprint density at radius 1 is 1.42 bits per heavy atom. The summed E-state index contributed by atoms with van der Waals surface area (Å²) >= 11 is 0. The van der Waals surface area contributed by atoms with Crippen molar-refractivity contribution >= 4 is 5.97 Å². The molecule has 0 amide bonds. The van der Waals surface area contributed by atoms with Gasteiger partial charge in [0.1, 0.15) is 5.54 Å². The van der Waals surface area contributed by atoms with Crippen molar-refractivity contribution in [1.29, 1.82) is 0 Å². The summed E-state index contributed by atoms with van der Waals surface area (Å²) in [4.78, 5) is 13.7. The van der Waals surface area contributed by atoms with Crippen LogP contribution in [-0.4, -0.2) is 33.1 Å². The number of carbonyl (C=O) groups is 1. The van der Waals surface area contributed by atoms with Crippen molar-refractivity contribution in [2.24, 2.45) is 5.73 Å². The van der Waals surface area contributed by atoms with Crippen molar-refractivity contribution in [3.63, 3.8) is 0 Å². The highest BCUT2D eigenvalue weighted by atomic mass is 16.4. The lowest BCUT2D eigenvalue weighted by atomic mass is 9.80. The van der Waals surface area contributed by atoms with Crippen LogP contribution in [0.25, 0.3) is 0 Å². The van der Waals surface area contributed by atoms with Crippen LogP contribution in [0.3, 0.4) is 0 Å². The lowest BCUT2D eigenvalue weighted by molar-refractivity contribution is -0.146. The Morgan fingerprint density at radius 3 is 2.47 bits per heavy atom. The second-order valence-electron chi connectivity index (χ2n) is 6.00. The number of rotatable bonds is 3. The van der Waals surface area contributed by atoms with E-state index in [0.717, 1.165) is 6.54 Å². The first kappa shape index (κ1) is 14.0. The highest BCUT2D eigenvalue weighted by Crippen LogP contribution is 2.41. The third-order valence-corrected chi connectivity index (χ3v) is 4.54. The molecule has 1 aromatic carbocycles. The van der Waals surface area contributed by atoms with Crippen LogP contribution in [0.15, 0.2) is 30.3 Å². The van der Waals surface area contributed by atoms with Gasteiger partial charge in [-0.2, -0.15) is 0 Å². The third kappa shape index (κ3) is 2.15. The van der Waals surface area contributed by atoms with Gasteiger partial charge < -0.3 is 10.8 Å². The van der Waals surface area contributed by atoms with Gasteiger partial charge in [0.25, 0.3) is 0 Å². The Morgan fingerprint density at radius 2 is 2.00 bits per heavy atom. The summed E-state index contributed by atoms with van der Waals surface area (Å²) < 4.78 is 0. The van der Waals surface area contributed by atoms with Crippen LogP contribution in [-0.2, 0) is 11.3 Å². The first-order chi connectivity index (χ1) is 8.79. The predicted molar refractivity (Wildman–Crippen MR) is 74.7 cm³/mol. The minimum Gasteiger partial charge on any atom is -0.480 e. The summed E-state index contributed by atoms with van der Waals surface area (Å²) in [5.41, 5.74) is 5.58. The van der Waals surface area contributed by atoms with Gasteiger partial charge in [0.15, 0.2) is 0 Å². The van der Waals surface area contributed by atoms with Gasteiger partial charge >= 0.3 is 5.97 Å². The molecule has 1 aliphatic rings. The molecule has 2 atom stereocenters. The van der Waals surface area contributed by atoms with E-state index < -0.39 is 17.0 Å².